The molecule has 2 atom stereocenters. The lowest BCUT2D eigenvalue weighted by Gasteiger charge is -2.37. The number of carbonyl (C=O) groups is 1. The highest BCUT2D eigenvalue weighted by Gasteiger charge is 2.31. The van der Waals surface area contributed by atoms with Gasteiger partial charge in [0.1, 0.15) is 12.4 Å². The molecule has 106 valence electrons. The van der Waals surface area contributed by atoms with Crippen LogP contribution in [0.2, 0.25) is 0 Å². The standard InChI is InChI=1S/C14H22N2O3/c1-10(15)12-5-3-4-8-16(12)14(17)13-7-6-11(19-13)9-18-2/h6-7,10,12H,3-5,8-9,15H2,1-2H3. The molecule has 1 saturated heterocycles. The summed E-state index contributed by atoms with van der Waals surface area (Å²) in [6, 6.07) is 3.58. The number of carbonyl (C=O) groups excluding carboxylic acids is 1. The third-order valence-electron chi connectivity index (χ3n) is 3.58. The summed E-state index contributed by atoms with van der Waals surface area (Å²) in [7, 11) is 1.60. The van der Waals surface area contributed by atoms with Gasteiger partial charge in [0.05, 0.1) is 0 Å². The molecule has 1 aliphatic rings. The van der Waals surface area contributed by atoms with Gasteiger partial charge in [0, 0.05) is 25.7 Å². The molecular formula is C14H22N2O3. The minimum atomic E-state index is -0.0654. The van der Waals surface area contributed by atoms with Gasteiger partial charge in [-0.05, 0) is 38.3 Å². The Kier molecular flexibility index (Phi) is 4.61. The van der Waals surface area contributed by atoms with Crippen LogP contribution in [-0.4, -0.2) is 36.5 Å². The van der Waals surface area contributed by atoms with E-state index in [1.807, 2.05) is 11.8 Å². The first-order valence-electron chi connectivity index (χ1n) is 6.77. The van der Waals surface area contributed by atoms with Crippen molar-refractivity contribution in [3.63, 3.8) is 0 Å². The van der Waals surface area contributed by atoms with Crippen molar-refractivity contribution < 1.29 is 13.9 Å². The monoisotopic (exact) mass is 266 g/mol. The molecule has 0 spiro atoms. The van der Waals surface area contributed by atoms with Crippen LogP contribution in [0, 0.1) is 0 Å². The van der Waals surface area contributed by atoms with E-state index in [0.29, 0.717) is 18.1 Å². The van der Waals surface area contributed by atoms with E-state index in [1.165, 1.54) is 0 Å². The lowest BCUT2D eigenvalue weighted by atomic mass is 9.96. The van der Waals surface area contributed by atoms with Crippen molar-refractivity contribution in [3.8, 4) is 0 Å². The minimum Gasteiger partial charge on any atom is -0.453 e. The van der Waals surface area contributed by atoms with E-state index in [0.717, 1.165) is 25.8 Å². The summed E-state index contributed by atoms with van der Waals surface area (Å²) >= 11 is 0. The van der Waals surface area contributed by atoms with Crippen molar-refractivity contribution in [2.45, 2.75) is 44.9 Å². The van der Waals surface area contributed by atoms with Gasteiger partial charge in [0.15, 0.2) is 5.76 Å². The summed E-state index contributed by atoms with van der Waals surface area (Å²) in [5.74, 6) is 0.976. The SMILES string of the molecule is COCc1ccc(C(=O)N2CCCCC2C(C)N)o1. The molecule has 0 aliphatic carbocycles. The fraction of sp³-hybridized carbons (Fsp3) is 0.643. The molecule has 1 aromatic rings. The molecule has 2 heterocycles. The first kappa shape index (κ1) is 14.1. The number of nitrogens with two attached hydrogens (primary N) is 1. The maximum atomic E-state index is 12.5. The summed E-state index contributed by atoms with van der Waals surface area (Å²) in [4.78, 5) is 14.3. The Morgan fingerprint density at radius 2 is 2.37 bits per heavy atom. The number of nitrogens with zero attached hydrogens (tertiary/aromatic N) is 1. The second kappa shape index (κ2) is 6.21. The smallest absolute Gasteiger partial charge is 0.289 e. The van der Waals surface area contributed by atoms with Gasteiger partial charge >= 0.3 is 0 Å². The molecule has 2 rings (SSSR count). The third-order valence-corrected chi connectivity index (χ3v) is 3.58. The van der Waals surface area contributed by atoms with Crippen LogP contribution in [0.1, 0.15) is 42.5 Å². The molecular weight excluding hydrogens is 244 g/mol. The molecule has 5 nitrogen and oxygen atoms in total. The van der Waals surface area contributed by atoms with Crippen LogP contribution in [0.4, 0.5) is 0 Å². The Morgan fingerprint density at radius 1 is 1.58 bits per heavy atom. The van der Waals surface area contributed by atoms with Gasteiger partial charge in [-0.15, -0.1) is 0 Å². The van der Waals surface area contributed by atoms with E-state index < -0.39 is 0 Å². The zero-order valence-electron chi connectivity index (χ0n) is 11.6. The normalized spacial score (nSPS) is 21.4. The molecule has 1 aliphatic heterocycles. The number of furan rings is 1. The first-order chi connectivity index (χ1) is 9.13. The Morgan fingerprint density at radius 3 is 3.05 bits per heavy atom. The van der Waals surface area contributed by atoms with Gasteiger partial charge in [-0.3, -0.25) is 4.79 Å². The van der Waals surface area contributed by atoms with E-state index in [9.17, 15) is 4.79 Å². The second-order valence-corrected chi connectivity index (χ2v) is 5.12. The molecule has 0 bridgehead atoms. The second-order valence-electron chi connectivity index (χ2n) is 5.12. The first-order valence-corrected chi connectivity index (χ1v) is 6.77. The molecule has 19 heavy (non-hydrogen) atoms. The molecule has 2 unspecified atom stereocenters. The van der Waals surface area contributed by atoms with E-state index >= 15 is 0 Å². The Hall–Kier alpha value is -1.33. The maximum Gasteiger partial charge on any atom is 0.289 e. The van der Waals surface area contributed by atoms with Crippen LogP contribution in [-0.2, 0) is 11.3 Å². The number of likely N-dealkylation sites (tertiary alicyclic amines) is 1. The van der Waals surface area contributed by atoms with Crippen LogP contribution in [0.3, 0.4) is 0 Å². The van der Waals surface area contributed by atoms with E-state index in [-0.39, 0.29) is 18.0 Å². The lowest BCUT2D eigenvalue weighted by Crippen LogP contribution is -2.51. The average Bonchev–Trinajstić information content (AvgIpc) is 2.87. The number of piperidine rings is 1. The largest absolute Gasteiger partial charge is 0.453 e. The molecule has 0 radical (unpaired) electrons. The van der Waals surface area contributed by atoms with Crippen LogP contribution in [0.15, 0.2) is 16.5 Å². The topological polar surface area (TPSA) is 68.7 Å². The highest BCUT2D eigenvalue weighted by Crippen LogP contribution is 2.22. The summed E-state index contributed by atoms with van der Waals surface area (Å²) in [5.41, 5.74) is 5.98. The fourth-order valence-electron chi connectivity index (χ4n) is 2.61. The Labute approximate surface area is 113 Å². The highest BCUT2D eigenvalue weighted by atomic mass is 16.5. The average molecular weight is 266 g/mol. The maximum absolute atomic E-state index is 12.5. The summed E-state index contributed by atoms with van der Waals surface area (Å²) in [6.07, 6.45) is 3.12. The number of hydrogen-bond donors (Lipinski definition) is 1. The van der Waals surface area contributed by atoms with E-state index in [1.54, 1.807) is 19.2 Å². The summed E-state index contributed by atoms with van der Waals surface area (Å²) in [5, 5.41) is 0. The minimum absolute atomic E-state index is 0.0161. The molecule has 1 aromatic heterocycles. The predicted octanol–water partition coefficient (Wildman–Crippen LogP) is 1.77. The molecule has 1 amide bonds. The zero-order valence-corrected chi connectivity index (χ0v) is 11.6. The number of methoxy groups -OCH3 is 1. The highest BCUT2D eigenvalue weighted by molar-refractivity contribution is 5.91. The number of ether oxygens (including phenoxy) is 1. The molecule has 0 saturated carbocycles. The van der Waals surface area contributed by atoms with Gasteiger partial charge in [0.2, 0.25) is 0 Å². The molecule has 1 fully saturated rings. The van der Waals surface area contributed by atoms with Gasteiger partial charge in [-0.2, -0.15) is 0 Å². The van der Waals surface area contributed by atoms with Crippen molar-refractivity contribution in [1.82, 2.24) is 4.90 Å². The van der Waals surface area contributed by atoms with Gasteiger partial charge < -0.3 is 19.8 Å². The number of amides is 1. The lowest BCUT2D eigenvalue weighted by molar-refractivity contribution is 0.0545. The summed E-state index contributed by atoms with van der Waals surface area (Å²) in [6.45, 7) is 3.09. The van der Waals surface area contributed by atoms with Crippen molar-refractivity contribution in [3.05, 3.63) is 23.7 Å². The molecule has 0 aromatic carbocycles. The van der Waals surface area contributed by atoms with E-state index in [2.05, 4.69) is 0 Å². The van der Waals surface area contributed by atoms with Gasteiger partial charge in [-0.25, -0.2) is 0 Å². The van der Waals surface area contributed by atoms with Gasteiger partial charge in [-0.1, -0.05) is 0 Å². The van der Waals surface area contributed by atoms with Crippen LogP contribution in [0.25, 0.3) is 0 Å². The van der Waals surface area contributed by atoms with Crippen LogP contribution < -0.4 is 5.73 Å². The zero-order chi connectivity index (χ0) is 13.8. The van der Waals surface area contributed by atoms with Gasteiger partial charge in [0.25, 0.3) is 5.91 Å². The Bertz CT molecular complexity index is 428. The Balaban J connectivity index is 2.11. The van der Waals surface area contributed by atoms with Crippen LogP contribution in [0.5, 0.6) is 0 Å². The van der Waals surface area contributed by atoms with Crippen molar-refractivity contribution in [2.75, 3.05) is 13.7 Å². The summed E-state index contributed by atoms with van der Waals surface area (Å²) < 4.78 is 10.5. The number of rotatable bonds is 4. The van der Waals surface area contributed by atoms with Crippen LogP contribution >= 0.6 is 0 Å². The van der Waals surface area contributed by atoms with E-state index in [4.69, 9.17) is 14.9 Å². The van der Waals surface area contributed by atoms with Crippen molar-refractivity contribution in [2.24, 2.45) is 5.73 Å². The number of hydrogen-bond acceptors (Lipinski definition) is 4. The van der Waals surface area contributed by atoms with Crippen molar-refractivity contribution in [1.29, 1.82) is 0 Å². The van der Waals surface area contributed by atoms with Crippen molar-refractivity contribution >= 4 is 5.91 Å². The third kappa shape index (κ3) is 3.16. The fourth-order valence-corrected chi connectivity index (χ4v) is 2.61. The molecule has 2 N–H and O–H groups in total. The predicted molar refractivity (Wildman–Crippen MR) is 71.7 cm³/mol. The molecule has 5 heteroatoms. The quantitative estimate of drug-likeness (QED) is 0.901.